The fourth-order valence-electron chi connectivity index (χ4n) is 1.43. The molecule has 0 aliphatic heterocycles. The Kier molecular flexibility index (Phi) is 3.76. The molecule has 2 heterocycles. The van der Waals surface area contributed by atoms with Gasteiger partial charge in [-0.1, -0.05) is 11.6 Å². The molecule has 0 fully saturated rings. The molecule has 8 nitrogen and oxygen atoms in total. The van der Waals surface area contributed by atoms with Crippen molar-refractivity contribution in [1.29, 1.82) is 0 Å². The summed E-state index contributed by atoms with van der Waals surface area (Å²) >= 11 is 5.65. The maximum Gasteiger partial charge on any atom is 0.300 e. The van der Waals surface area contributed by atoms with Gasteiger partial charge in [0.1, 0.15) is 22.7 Å². The van der Waals surface area contributed by atoms with Crippen LogP contribution in [0.5, 0.6) is 0 Å². The smallest absolute Gasteiger partial charge is 0.300 e. The van der Waals surface area contributed by atoms with Gasteiger partial charge in [0.25, 0.3) is 11.6 Å². The number of carbonyl (C=O) groups excluding carboxylic acids is 1. The van der Waals surface area contributed by atoms with Crippen LogP contribution in [0.3, 0.4) is 0 Å². The lowest BCUT2D eigenvalue weighted by atomic mass is 10.2. The van der Waals surface area contributed by atoms with Gasteiger partial charge in [0.2, 0.25) is 0 Å². The van der Waals surface area contributed by atoms with Gasteiger partial charge in [0, 0.05) is 0 Å². The fourth-order valence-corrected chi connectivity index (χ4v) is 1.59. The molecule has 20 heavy (non-hydrogen) atoms. The minimum absolute atomic E-state index is 0.0174. The number of nitrogen functional groups attached to an aromatic ring is 1. The van der Waals surface area contributed by atoms with E-state index in [1.807, 2.05) is 0 Å². The Balaban J connectivity index is 2.31. The predicted octanol–water partition coefficient (Wildman–Crippen LogP) is 1.87. The Morgan fingerprint density at radius 3 is 2.70 bits per heavy atom. The van der Waals surface area contributed by atoms with E-state index in [-0.39, 0.29) is 10.7 Å². The molecule has 0 radical (unpaired) electrons. The second kappa shape index (κ2) is 5.49. The normalized spacial score (nSPS) is 10.1. The molecule has 0 aromatic carbocycles. The molecule has 0 atom stereocenters. The second-order valence-electron chi connectivity index (χ2n) is 3.71. The molecule has 2 rings (SSSR count). The van der Waals surface area contributed by atoms with Gasteiger partial charge in [-0.15, -0.1) is 0 Å². The molecule has 0 aliphatic carbocycles. The minimum Gasteiger partial charge on any atom is -0.384 e. The summed E-state index contributed by atoms with van der Waals surface area (Å²) in [5, 5.41) is 13.3. The molecule has 0 saturated carbocycles. The molecule has 0 spiro atoms. The van der Waals surface area contributed by atoms with E-state index in [9.17, 15) is 14.9 Å². The lowest BCUT2D eigenvalue weighted by Crippen LogP contribution is -2.14. The third kappa shape index (κ3) is 2.98. The number of carbonyl (C=O) groups is 1. The summed E-state index contributed by atoms with van der Waals surface area (Å²) in [5.41, 5.74) is 5.14. The van der Waals surface area contributed by atoms with Crippen molar-refractivity contribution in [3.8, 4) is 0 Å². The minimum atomic E-state index is -0.709. The maximum atomic E-state index is 12.0. The van der Waals surface area contributed by atoms with Crippen molar-refractivity contribution in [3.63, 3.8) is 0 Å². The monoisotopic (exact) mass is 293 g/mol. The van der Waals surface area contributed by atoms with Gasteiger partial charge < -0.3 is 11.1 Å². The highest BCUT2D eigenvalue weighted by molar-refractivity contribution is 6.30. The van der Waals surface area contributed by atoms with Crippen LogP contribution in [0, 0.1) is 10.1 Å². The summed E-state index contributed by atoms with van der Waals surface area (Å²) in [4.78, 5) is 29.5. The van der Waals surface area contributed by atoms with Crippen molar-refractivity contribution < 1.29 is 9.72 Å². The van der Waals surface area contributed by atoms with E-state index in [1.54, 1.807) is 0 Å². The van der Waals surface area contributed by atoms with Gasteiger partial charge in [-0.3, -0.25) is 14.9 Å². The van der Waals surface area contributed by atoms with Crippen molar-refractivity contribution in [1.82, 2.24) is 9.97 Å². The first kappa shape index (κ1) is 13.7. The molecule has 1 amide bonds. The van der Waals surface area contributed by atoms with Gasteiger partial charge in [0.15, 0.2) is 0 Å². The van der Waals surface area contributed by atoms with Crippen LogP contribution in [0.1, 0.15) is 10.4 Å². The Hall–Kier alpha value is -2.74. The molecule has 2 aromatic rings. The Bertz CT molecular complexity index is 674. The van der Waals surface area contributed by atoms with E-state index in [0.29, 0.717) is 11.5 Å². The third-order valence-electron chi connectivity index (χ3n) is 2.34. The molecule has 0 aliphatic rings. The van der Waals surface area contributed by atoms with E-state index < -0.39 is 16.5 Å². The average molecular weight is 294 g/mol. The highest BCUT2D eigenvalue weighted by atomic mass is 35.5. The Labute approximate surface area is 117 Å². The van der Waals surface area contributed by atoms with Gasteiger partial charge in [-0.25, -0.2) is 9.97 Å². The standard InChI is InChI=1S/C11H8ClN5O3/c12-9-3-7(8(5-14-9)17(19)20)11(18)16-6-1-2-10(13)15-4-6/h1-5H,(H2,13,15)(H,16,18). The van der Waals surface area contributed by atoms with E-state index in [0.717, 1.165) is 12.3 Å². The number of nitrogens with one attached hydrogen (secondary N) is 1. The van der Waals surface area contributed by atoms with Gasteiger partial charge >= 0.3 is 0 Å². The molecule has 102 valence electrons. The summed E-state index contributed by atoms with van der Waals surface area (Å²) < 4.78 is 0. The van der Waals surface area contributed by atoms with Gasteiger partial charge in [-0.2, -0.15) is 0 Å². The van der Waals surface area contributed by atoms with Crippen LogP contribution in [0.4, 0.5) is 17.2 Å². The van der Waals surface area contributed by atoms with Crippen molar-refractivity contribution in [2.45, 2.75) is 0 Å². The number of amides is 1. The summed E-state index contributed by atoms with van der Waals surface area (Å²) in [6, 6.07) is 4.14. The highest BCUT2D eigenvalue weighted by Crippen LogP contribution is 2.21. The summed E-state index contributed by atoms with van der Waals surface area (Å²) in [7, 11) is 0. The maximum absolute atomic E-state index is 12.0. The number of nitrogens with zero attached hydrogens (tertiary/aromatic N) is 3. The fraction of sp³-hybridized carbons (Fsp3) is 0. The SMILES string of the molecule is Nc1ccc(NC(=O)c2cc(Cl)ncc2[N+](=O)[O-])cn1. The van der Waals surface area contributed by atoms with Crippen LogP contribution < -0.4 is 11.1 Å². The van der Waals surface area contributed by atoms with Gasteiger partial charge in [0.05, 0.1) is 16.8 Å². The molecule has 2 aromatic heterocycles. The van der Waals surface area contributed by atoms with Crippen LogP contribution in [-0.4, -0.2) is 20.8 Å². The third-order valence-corrected chi connectivity index (χ3v) is 2.54. The van der Waals surface area contributed by atoms with Gasteiger partial charge in [-0.05, 0) is 18.2 Å². The zero-order chi connectivity index (χ0) is 14.7. The molecule has 0 saturated heterocycles. The van der Waals surface area contributed by atoms with E-state index >= 15 is 0 Å². The topological polar surface area (TPSA) is 124 Å². The van der Waals surface area contributed by atoms with Crippen molar-refractivity contribution >= 4 is 34.7 Å². The average Bonchev–Trinajstić information content (AvgIpc) is 2.41. The summed E-state index contributed by atoms with van der Waals surface area (Å²) in [6.45, 7) is 0. The summed E-state index contributed by atoms with van der Waals surface area (Å²) in [6.07, 6.45) is 2.26. The number of halogens is 1. The summed E-state index contributed by atoms with van der Waals surface area (Å²) in [5.74, 6) is -0.395. The van der Waals surface area contributed by atoms with Crippen molar-refractivity contribution in [3.05, 3.63) is 51.4 Å². The molecule has 9 heteroatoms. The zero-order valence-electron chi connectivity index (χ0n) is 9.91. The number of pyridine rings is 2. The van der Waals surface area contributed by atoms with Crippen molar-refractivity contribution in [2.75, 3.05) is 11.1 Å². The number of aromatic nitrogens is 2. The number of hydrogen-bond donors (Lipinski definition) is 2. The highest BCUT2D eigenvalue weighted by Gasteiger charge is 2.21. The van der Waals surface area contributed by atoms with Crippen LogP contribution in [0.15, 0.2) is 30.6 Å². The first-order valence-corrected chi connectivity index (χ1v) is 5.68. The second-order valence-corrected chi connectivity index (χ2v) is 4.09. The van der Waals surface area contributed by atoms with Crippen molar-refractivity contribution in [2.24, 2.45) is 0 Å². The molecule has 3 N–H and O–H groups in total. The molecule has 0 unspecified atom stereocenters. The number of hydrogen-bond acceptors (Lipinski definition) is 6. The van der Waals surface area contributed by atoms with Crippen LogP contribution in [0.25, 0.3) is 0 Å². The van der Waals surface area contributed by atoms with Crippen LogP contribution >= 0.6 is 11.6 Å². The first-order valence-electron chi connectivity index (χ1n) is 5.30. The lowest BCUT2D eigenvalue weighted by Gasteiger charge is -2.05. The lowest BCUT2D eigenvalue weighted by molar-refractivity contribution is -0.385. The number of rotatable bonds is 3. The number of nitrogens with two attached hydrogens (primary N) is 1. The Morgan fingerprint density at radius 1 is 1.35 bits per heavy atom. The van der Waals surface area contributed by atoms with E-state index in [2.05, 4.69) is 15.3 Å². The zero-order valence-corrected chi connectivity index (χ0v) is 10.7. The van der Waals surface area contributed by atoms with E-state index in [1.165, 1.54) is 18.3 Å². The molecular weight excluding hydrogens is 286 g/mol. The Morgan fingerprint density at radius 2 is 2.10 bits per heavy atom. The number of nitro groups is 1. The molecular formula is C11H8ClN5O3. The number of anilines is 2. The first-order chi connectivity index (χ1) is 9.47. The quantitative estimate of drug-likeness (QED) is 0.505. The van der Waals surface area contributed by atoms with E-state index in [4.69, 9.17) is 17.3 Å². The largest absolute Gasteiger partial charge is 0.384 e. The van der Waals surface area contributed by atoms with Crippen LogP contribution in [-0.2, 0) is 0 Å². The predicted molar refractivity (Wildman–Crippen MR) is 72.5 cm³/mol. The molecule has 0 bridgehead atoms. The van der Waals surface area contributed by atoms with Crippen LogP contribution in [0.2, 0.25) is 5.15 Å².